The SMILES string of the molecule is Cc1ccc(S(=O)(=O)N(CC(=O)N/N=C\c2ccc(OCc3ccc(Cl)cc3)cc2)c2ccc(Cl)cc2C)cc1. The highest BCUT2D eigenvalue weighted by Gasteiger charge is 2.28. The Labute approximate surface area is 244 Å². The van der Waals surface area contributed by atoms with Crippen LogP contribution in [0.2, 0.25) is 10.0 Å². The first-order chi connectivity index (χ1) is 19.1. The van der Waals surface area contributed by atoms with E-state index in [1.807, 2.05) is 31.2 Å². The molecule has 7 nitrogen and oxygen atoms in total. The van der Waals surface area contributed by atoms with Gasteiger partial charge in [0.2, 0.25) is 0 Å². The molecule has 1 N–H and O–H groups in total. The molecule has 0 saturated carbocycles. The molecule has 0 bridgehead atoms. The summed E-state index contributed by atoms with van der Waals surface area (Å²) in [4.78, 5) is 12.9. The molecule has 0 aliphatic heterocycles. The van der Waals surface area contributed by atoms with Crippen LogP contribution in [0.15, 0.2) is 101 Å². The average Bonchev–Trinajstić information content (AvgIpc) is 2.93. The van der Waals surface area contributed by atoms with Crippen LogP contribution in [0.1, 0.15) is 22.3 Å². The van der Waals surface area contributed by atoms with Crippen LogP contribution in [0, 0.1) is 13.8 Å². The van der Waals surface area contributed by atoms with Gasteiger partial charge in [0.15, 0.2) is 0 Å². The zero-order chi connectivity index (χ0) is 28.7. The molecule has 40 heavy (non-hydrogen) atoms. The van der Waals surface area contributed by atoms with E-state index in [-0.39, 0.29) is 4.90 Å². The third-order valence-corrected chi connectivity index (χ3v) is 8.19. The second kappa shape index (κ2) is 13.0. The van der Waals surface area contributed by atoms with Crippen molar-refractivity contribution in [2.24, 2.45) is 5.10 Å². The van der Waals surface area contributed by atoms with E-state index in [0.29, 0.717) is 33.7 Å². The topological polar surface area (TPSA) is 88.1 Å². The predicted molar refractivity (Wildman–Crippen MR) is 160 cm³/mol. The molecular formula is C30H27Cl2N3O4S. The highest BCUT2D eigenvalue weighted by atomic mass is 35.5. The van der Waals surface area contributed by atoms with E-state index in [9.17, 15) is 13.2 Å². The Hall–Kier alpha value is -3.85. The number of sulfonamides is 1. The van der Waals surface area contributed by atoms with Crippen molar-refractivity contribution in [1.82, 2.24) is 5.43 Å². The third kappa shape index (κ3) is 7.63. The number of nitrogens with zero attached hydrogens (tertiary/aromatic N) is 2. The van der Waals surface area contributed by atoms with Crippen molar-refractivity contribution in [2.75, 3.05) is 10.8 Å². The number of amides is 1. The number of aryl methyl sites for hydroxylation is 2. The monoisotopic (exact) mass is 595 g/mol. The summed E-state index contributed by atoms with van der Waals surface area (Å²) >= 11 is 12.0. The van der Waals surface area contributed by atoms with Crippen LogP contribution < -0.4 is 14.5 Å². The molecule has 0 aromatic heterocycles. The minimum Gasteiger partial charge on any atom is -0.489 e. The Morgan fingerprint density at radius 1 is 0.900 bits per heavy atom. The van der Waals surface area contributed by atoms with Gasteiger partial charge in [-0.05, 0) is 97.3 Å². The van der Waals surface area contributed by atoms with Crippen molar-refractivity contribution < 1.29 is 17.9 Å². The summed E-state index contributed by atoms with van der Waals surface area (Å²) < 4.78 is 34.0. The number of nitrogens with one attached hydrogen (secondary N) is 1. The van der Waals surface area contributed by atoms with E-state index in [1.165, 1.54) is 18.3 Å². The van der Waals surface area contributed by atoms with Crippen LogP contribution in [-0.2, 0) is 21.4 Å². The molecule has 0 unspecified atom stereocenters. The van der Waals surface area contributed by atoms with Crippen LogP contribution in [-0.4, -0.2) is 27.1 Å². The van der Waals surface area contributed by atoms with Crippen LogP contribution in [0.3, 0.4) is 0 Å². The molecular weight excluding hydrogens is 569 g/mol. The molecule has 0 aliphatic carbocycles. The van der Waals surface area contributed by atoms with E-state index in [1.54, 1.807) is 61.5 Å². The summed E-state index contributed by atoms with van der Waals surface area (Å²) in [5, 5.41) is 5.13. The fourth-order valence-corrected chi connectivity index (χ4v) is 5.62. The number of carbonyl (C=O) groups excluding carboxylic acids is 1. The van der Waals surface area contributed by atoms with Crippen LogP contribution in [0.5, 0.6) is 5.75 Å². The van der Waals surface area contributed by atoms with Gasteiger partial charge in [-0.25, -0.2) is 13.8 Å². The number of benzene rings is 4. The lowest BCUT2D eigenvalue weighted by atomic mass is 10.2. The van der Waals surface area contributed by atoms with Crippen molar-refractivity contribution in [3.05, 3.63) is 123 Å². The van der Waals surface area contributed by atoms with Crippen LogP contribution in [0.4, 0.5) is 5.69 Å². The molecule has 4 rings (SSSR count). The molecule has 10 heteroatoms. The van der Waals surface area contributed by atoms with Crippen molar-refractivity contribution in [3.8, 4) is 5.75 Å². The fourth-order valence-electron chi connectivity index (χ4n) is 3.78. The standard InChI is InChI=1S/C30H27Cl2N3O4S/c1-21-3-14-28(15-4-21)40(37,38)35(29-16-11-26(32)17-22(29)2)19-30(36)34-33-18-23-7-12-27(13-8-23)39-20-24-5-9-25(31)10-6-24/h3-18H,19-20H2,1-2H3,(H,34,36)/b33-18-. The highest BCUT2D eigenvalue weighted by Crippen LogP contribution is 2.29. The Kier molecular flexibility index (Phi) is 9.47. The van der Waals surface area contributed by atoms with Gasteiger partial charge < -0.3 is 4.74 Å². The van der Waals surface area contributed by atoms with Gasteiger partial charge in [0.25, 0.3) is 15.9 Å². The maximum Gasteiger partial charge on any atom is 0.264 e. The van der Waals surface area contributed by atoms with Crippen molar-refractivity contribution in [1.29, 1.82) is 0 Å². The molecule has 0 fully saturated rings. The van der Waals surface area contributed by atoms with Gasteiger partial charge in [-0.2, -0.15) is 5.10 Å². The van der Waals surface area contributed by atoms with Crippen LogP contribution >= 0.6 is 23.2 Å². The number of anilines is 1. The van der Waals surface area contributed by atoms with Gasteiger partial charge in [-0.15, -0.1) is 0 Å². The highest BCUT2D eigenvalue weighted by molar-refractivity contribution is 7.92. The predicted octanol–water partition coefficient (Wildman–Crippen LogP) is 6.53. The van der Waals surface area contributed by atoms with Gasteiger partial charge in [0.1, 0.15) is 18.9 Å². The second-order valence-electron chi connectivity index (χ2n) is 9.03. The lowest BCUT2D eigenvalue weighted by Crippen LogP contribution is -2.40. The Morgan fingerprint density at radius 3 is 2.20 bits per heavy atom. The minimum absolute atomic E-state index is 0.0714. The normalized spacial score (nSPS) is 11.4. The van der Waals surface area contributed by atoms with Gasteiger partial charge >= 0.3 is 0 Å². The summed E-state index contributed by atoms with van der Waals surface area (Å²) in [5.74, 6) is 0.0654. The molecule has 1 amide bonds. The summed E-state index contributed by atoms with van der Waals surface area (Å²) in [7, 11) is -4.05. The summed E-state index contributed by atoms with van der Waals surface area (Å²) in [6.45, 7) is 3.52. The van der Waals surface area contributed by atoms with E-state index < -0.39 is 22.5 Å². The van der Waals surface area contributed by atoms with Gasteiger partial charge in [-0.1, -0.05) is 53.0 Å². The molecule has 4 aromatic rings. The molecule has 0 heterocycles. The number of hydrogen-bond acceptors (Lipinski definition) is 5. The molecule has 0 saturated heterocycles. The zero-order valence-electron chi connectivity index (χ0n) is 21.8. The molecule has 0 atom stereocenters. The number of rotatable bonds is 10. The maximum absolute atomic E-state index is 13.6. The zero-order valence-corrected chi connectivity index (χ0v) is 24.2. The van der Waals surface area contributed by atoms with Gasteiger partial charge in [-0.3, -0.25) is 9.10 Å². The number of hydrazone groups is 1. The number of carbonyl (C=O) groups is 1. The van der Waals surface area contributed by atoms with Crippen molar-refractivity contribution >= 4 is 51.0 Å². The lowest BCUT2D eigenvalue weighted by Gasteiger charge is -2.25. The van der Waals surface area contributed by atoms with Crippen molar-refractivity contribution in [2.45, 2.75) is 25.3 Å². The largest absolute Gasteiger partial charge is 0.489 e. The summed E-state index contributed by atoms with van der Waals surface area (Å²) in [6, 6.07) is 25.8. The number of hydrogen-bond donors (Lipinski definition) is 1. The first-order valence-corrected chi connectivity index (χ1v) is 14.5. The molecule has 206 valence electrons. The number of ether oxygens (including phenoxy) is 1. The van der Waals surface area contributed by atoms with E-state index in [2.05, 4.69) is 10.5 Å². The molecule has 0 radical (unpaired) electrons. The molecule has 0 aliphatic rings. The Balaban J connectivity index is 1.42. The second-order valence-corrected chi connectivity index (χ2v) is 11.8. The molecule has 0 spiro atoms. The maximum atomic E-state index is 13.6. The van der Waals surface area contributed by atoms with Crippen molar-refractivity contribution in [3.63, 3.8) is 0 Å². The summed E-state index contributed by atoms with van der Waals surface area (Å²) in [5.41, 5.74) is 6.00. The minimum atomic E-state index is -4.05. The van der Waals surface area contributed by atoms with E-state index in [0.717, 1.165) is 21.0 Å². The number of halogens is 2. The van der Waals surface area contributed by atoms with Gasteiger partial charge in [0.05, 0.1) is 16.8 Å². The van der Waals surface area contributed by atoms with E-state index in [4.69, 9.17) is 27.9 Å². The fraction of sp³-hybridized carbons (Fsp3) is 0.133. The average molecular weight is 597 g/mol. The third-order valence-electron chi connectivity index (χ3n) is 5.93. The lowest BCUT2D eigenvalue weighted by molar-refractivity contribution is -0.119. The molecule has 4 aromatic carbocycles. The summed E-state index contributed by atoms with van der Waals surface area (Å²) in [6.07, 6.45) is 1.47. The van der Waals surface area contributed by atoms with Crippen LogP contribution in [0.25, 0.3) is 0 Å². The van der Waals surface area contributed by atoms with E-state index >= 15 is 0 Å². The first kappa shape index (κ1) is 29.1. The van der Waals surface area contributed by atoms with Gasteiger partial charge in [0, 0.05) is 10.0 Å². The quantitative estimate of drug-likeness (QED) is 0.167. The smallest absolute Gasteiger partial charge is 0.264 e. The first-order valence-electron chi connectivity index (χ1n) is 12.3. The Bertz CT molecular complexity index is 1610. The Morgan fingerprint density at radius 2 is 1.55 bits per heavy atom.